The summed E-state index contributed by atoms with van der Waals surface area (Å²) in [5.41, 5.74) is 1.59. The number of ether oxygens (including phenoxy) is 2. The number of carbonyl (C=O) groups excluding carboxylic acids is 1. The molecule has 0 N–H and O–H groups in total. The molecule has 2 rings (SSSR count). The fraction of sp³-hybridized carbons (Fsp3) is 0.545. The molecule has 0 saturated heterocycles. The lowest BCUT2D eigenvalue weighted by Crippen LogP contribution is -2.12. The van der Waals surface area contributed by atoms with Gasteiger partial charge in [0.1, 0.15) is 5.69 Å². The number of nitrogens with zero attached hydrogens (tertiary/aromatic N) is 6. The van der Waals surface area contributed by atoms with Gasteiger partial charge in [-0.1, -0.05) is 10.4 Å². The number of rotatable bonds is 6. The van der Waals surface area contributed by atoms with Gasteiger partial charge in [-0.05, 0) is 0 Å². The highest BCUT2D eigenvalue weighted by Gasteiger charge is 2.20. The van der Waals surface area contributed by atoms with Gasteiger partial charge in [0.25, 0.3) is 0 Å². The summed E-state index contributed by atoms with van der Waals surface area (Å²) >= 11 is 0. The van der Waals surface area contributed by atoms with Crippen molar-refractivity contribution in [3.05, 3.63) is 23.3 Å². The molecule has 0 amide bonds. The maximum absolute atomic E-state index is 11.7. The third-order valence-corrected chi connectivity index (χ3v) is 2.72. The lowest BCUT2D eigenvalue weighted by Gasteiger charge is -2.05. The van der Waals surface area contributed by atoms with Gasteiger partial charge in [-0.15, -0.1) is 10.2 Å². The van der Waals surface area contributed by atoms with E-state index in [1.54, 1.807) is 29.7 Å². The molecule has 0 bridgehead atoms. The van der Waals surface area contributed by atoms with Crippen LogP contribution in [0.5, 0.6) is 0 Å². The van der Waals surface area contributed by atoms with Crippen molar-refractivity contribution in [1.29, 1.82) is 0 Å². The average molecular weight is 280 g/mol. The van der Waals surface area contributed by atoms with Gasteiger partial charge in [0.15, 0.2) is 5.69 Å². The van der Waals surface area contributed by atoms with E-state index >= 15 is 0 Å². The van der Waals surface area contributed by atoms with E-state index in [-0.39, 0.29) is 5.69 Å². The second-order valence-electron chi connectivity index (χ2n) is 4.16. The van der Waals surface area contributed by atoms with Gasteiger partial charge in [-0.3, -0.25) is 4.68 Å². The van der Waals surface area contributed by atoms with Crippen molar-refractivity contribution in [3.8, 4) is 0 Å². The summed E-state index contributed by atoms with van der Waals surface area (Å²) in [6.07, 6.45) is 2.29. The Bertz CT molecular complexity index is 591. The highest BCUT2D eigenvalue weighted by molar-refractivity contribution is 5.88. The molecule has 0 atom stereocenters. The number of aryl methyl sites for hydroxylation is 1. The highest BCUT2D eigenvalue weighted by Crippen LogP contribution is 2.10. The largest absolute Gasteiger partial charge is 0.464 e. The molecule has 108 valence electrons. The van der Waals surface area contributed by atoms with Crippen LogP contribution in [0.1, 0.15) is 21.9 Å². The van der Waals surface area contributed by atoms with Crippen LogP contribution >= 0.6 is 0 Å². The summed E-state index contributed by atoms with van der Waals surface area (Å²) < 4.78 is 12.9. The van der Waals surface area contributed by atoms with Crippen LogP contribution in [0.2, 0.25) is 0 Å². The lowest BCUT2D eigenvalue weighted by atomic mass is 10.2. The first-order valence-corrected chi connectivity index (χ1v) is 6.00. The van der Waals surface area contributed by atoms with Gasteiger partial charge < -0.3 is 9.47 Å². The van der Waals surface area contributed by atoms with Gasteiger partial charge in [0, 0.05) is 26.8 Å². The first-order chi connectivity index (χ1) is 9.65. The van der Waals surface area contributed by atoms with Gasteiger partial charge in [0.05, 0.1) is 26.0 Å². The summed E-state index contributed by atoms with van der Waals surface area (Å²) in [5.74, 6) is -0.513. The highest BCUT2D eigenvalue weighted by atomic mass is 16.5. The van der Waals surface area contributed by atoms with Gasteiger partial charge in [-0.2, -0.15) is 0 Å². The van der Waals surface area contributed by atoms with Crippen LogP contribution in [0.4, 0.5) is 0 Å². The first-order valence-electron chi connectivity index (χ1n) is 6.00. The average Bonchev–Trinajstić information content (AvgIpc) is 3.03. The van der Waals surface area contributed by atoms with Gasteiger partial charge in [0.2, 0.25) is 0 Å². The molecule has 0 aliphatic heterocycles. The van der Waals surface area contributed by atoms with E-state index < -0.39 is 5.97 Å². The third kappa shape index (κ3) is 2.99. The van der Waals surface area contributed by atoms with Crippen molar-refractivity contribution in [2.24, 2.45) is 7.05 Å². The molecule has 0 aromatic carbocycles. The molecule has 0 aliphatic rings. The van der Waals surface area contributed by atoms with Gasteiger partial charge in [-0.25, -0.2) is 9.48 Å². The Balaban J connectivity index is 2.27. The summed E-state index contributed by atoms with van der Waals surface area (Å²) in [7, 11) is 4.68. The third-order valence-electron chi connectivity index (χ3n) is 2.72. The van der Waals surface area contributed by atoms with E-state index in [1.165, 1.54) is 7.11 Å². The zero-order valence-electron chi connectivity index (χ0n) is 11.6. The topological polar surface area (TPSA) is 97.0 Å². The Morgan fingerprint density at radius 1 is 1.30 bits per heavy atom. The zero-order chi connectivity index (χ0) is 14.5. The summed E-state index contributed by atoms with van der Waals surface area (Å²) in [4.78, 5) is 11.7. The lowest BCUT2D eigenvalue weighted by molar-refractivity contribution is 0.0592. The standard InChI is InChI=1S/C11H16N6O3/c1-16-6-8(12-14-16)7-17-9(4-5-19-2)10(13-15-17)11(18)20-3/h6H,4-5,7H2,1-3H3. The Labute approximate surface area is 115 Å². The molecule has 0 saturated carbocycles. The van der Waals surface area contributed by atoms with Crippen LogP contribution in [0.3, 0.4) is 0 Å². The minimum atomic E-state index is -0.513. The van der Waals surface area contributed by atoms with Crippen molar-refractivity contribution in [2.75, 3.05) is 20.8 Å². The molecule has 0 radical (unpaired) electrons. The molecule has 2 heterocycles. The Morgan fingerprint density at radius 2 is 2.10 bits per heavy atom. The molecule has 2 aromatic rings. The first kappa shape index (κ1) is 14.1. The van der Waals surface area contributed by atoms with E-state index in [2.05, 4.69) is 20.6 Å². The van der Waals surface area contributed by atoms with Crippen LogP contribution in [0.15, 0.2) is 6.20 Å². The number of carbonyl (C=O) groups is 1. The minimum absolute atomic E-state index is 0.202. The number of aromatic nitrogens is 6. The van der Waals surface area contributed by atoms with E-state index in [1.807, 2.05) is 0 Å². The molecule has 9 nitrogen and oxygen atoms in total. The van der Waals surface area contributed by atoms with E-state index in [0.717, 1.165) is 5.69 Å². The molecule has 2 aromatic heterocycles. The van der Waals surface area contributed by atoms with Crippen LogP contribution in [-0.2, 0) is 29.5 Å². The fourth-order valence-electron chi connectivity index (χ4n) is 1.78. The molecule has 0 fully saturated rings. The van der Waals surface area contributed by atoms with Crippen molar-refractivity contribution in [3.63, 3.8) is 0 Å². The van der Waals surface area contributed by atoms with Crippen LogP contribution in [0, 0.1) is 0 Å². The number of hydrogen-bond donors (Lipinski definition) is 0. The molecule has 20 heavy (non-hydrogen) atoms. The predicted octanol–water partition coefficient (Wildman–Crippen LogP) is -0.570. The molecular formula is C11H16N6O3. The summed E-state index contributed by atoms with van der Waals surface area (Å²) in [5, 5.41) is 15.7. The predicted molar refractivity (Wildman–Crippen MR) is 67.0 cm³/mol. The van der Waals surface area contributed by atoms with E-state index in [0.29, 0.717) is 25.3 Å². The Hall–Kier alpha value is -2.29. The second kappa shape index (κ2) is 6.24. The molecule has 9 heteroatoms. The van der Waals surface area contributed by atoms with Crippen molar-refractivity contribution < 1.29 is 14.3 Å². The smallest absolute Gasteiger partial charge is 0.360 e. The van der Waals surface area contributed by atoms with Crippen LogP contribution < -0.4 is 0 Å². The maximum atomic E-state index is 11.7. The second-order valence-corrected chi connectivity index (χ2v) is 4.16. The number of esters is 1. The van der Waals surface area contributed by atoms with Gasteiger partial charge >= 0.3 is 5.97 Å². The Morgan fingerprint density at radius 3 is 2.70 bits per heavy atom. The monoisotopic (exact) mass is 280 g/mol. The quantitative estimate of drug-likeness (QED) is 0.654. The van der Waals surface area contributed by atoms with Crippen molar-refractivity contribution in [1.82, 2.24) is 30.0 Å². The molecular weight excluding hydrogens is 264 g/mol. The summed E-state index contributed by atoms with van der Waals surface area (Å²) in [6, 6.07) is 0. The van der Waals surface area contributed by atoms with Crippen LogP contribution in [0.25, 0.3) is 0 Å². The SMILES string of the molecule is COCCc1c(C(=O)OC)nnn1Cc1cn(C)nn1. The van der Waals surface area contributed by atoms with Crippen LogP contribution in [-0.4, -0.2) is 56.8 Å². The normalized spacial score (nSPS) is 10.8. The van der Waals surface area contributed by atoms with E-state index in [4.69, 9.17) is 9.47 Å². The number of hydrogen-bond acceptors (Lipinski definition) is 7. The zero-order valence-corrected chi connectivity index (χ0v) is 11.6. The molecule has 0 spiro atoms. The summed E-state index contributed by atoms with van der Waals surface area (Å²) in [6.45, 7) is 0.842. The van der Waals surface area contributed by atoms with Crippen molar-refractivity contribution >= 4 is 5.97 Å². The number of methoxy groups -OCH3 is 2. The Kier molecular flexibility index (Phi) is 4.41. The molecule has 0 aliphatic carbocycles. The maximum Gasteiger partial charge on any atom is 0.360 e. The van der Waals surface area contributed by atoms with Crippen molar-refractivity contribution in [2.45, 2.75) is 13.0 Å². The van der Waals surface area contributed by atoms with E-state index in [9.17, 15) is 4.79 Å². The fourth-order valence-corrected chi connectivity index (χ4v) is 1.78. The molecule has 0 unspecified atom stereocenters. The minimum Gasteiger partial charge on any atom is -0.464 e.